The summed E-state index contributed by atoms with van der Waals surface area (Å²) in [5, 5.41) is 17.0. The number of hydrogen-bond donors (Lipinski definition) is 1. The van der Waals surface area contributed by atoms with Crippen molar-refractivity contribution in [3.63, 3.8) is 0 Å². The van der Waals surface area contributed by atoms with Gasteiger partial charge in [-0.2, -0.15) is 10.4 Å². The molecule has 3 rings (SSSR count). The van der Waals surface area contributed by atoms with Crippen molar-refractivity contribution >= 4 is 5.52 Å². The third-order valence-corrected chi connectivity index (χ3v) is 3.54. The average molecular weight is 279 g/mol. The van der Waals surface area contributed by atoms with E-state index < -0.39 is 0 Å². The van der Waals surface area contributed by atoms with Crippen LogP contribution in [-0.4, -0.2) is 20.2 Å². The van der Waals surface area contributed by atoms with E-state index in [2.05, 4.69) is 23.4 Å². The van der Waals surface area contributed by atoms with E-state index in [1.807, 2.05) is 51.9 Å². The zero-order chi connectivity index (χ0) is 14.7. The van der Waals surface area contributed by atoms with E-state index in [0.717, 1.165) is 23.2 Å². The van der Waals surface area contributed by atoms with E-state index in [9.17, 15) is 5.26 Å². The highest BCUT2D eigenvalue weighted by molar-refractivity contribution is 5.65. The Bertz CT molecular complexity index is 764. The highest BCUT2D eigenvalue weighted by Crippen LogP contribution is 2.17. The van der Waals surface area contributed by atoms with Crippen LogP contribution in [0.15, 0.2) is 49.1 Å². The summed E-state index contributed by atoms with van der Waals surface area (Å²) in [6, 6.07) is 10.4. The van der Waals surface area contributed by atoms with E-state index in [1.165, 1.54) is 0 Å². The molecule has 0 radical (unpaired) electrons. The van der Waals surface area contributed by atoms with Crippen LogP contribution in [0.1, 0.15) is 18.1 Å². The molecule has 5 nitrogen and oxygen atoms in total. The van der Waals surface area contributed by atoms with Gasteiger partial charge >= 0.3 is 0 Å². The Balaban J connectivity index is 1.72. The van der Waals surface area contributed by atoms with E-state index in [-0.39, 0.29) is 6.04 Å². The number of aromatic nitrogens is 3. The molecular weight excluding hydrogens is 262 g/mol. The molecule has 0 aromatic carbocycles. The standard InChI is InChI=1S/C16H17N5/c1-13(11-21-8-4-6-19-21)18-10-14-12-20-7-3-2-5-16(20)15(14)9-17/h2-8,12-13,18H,10-11H2,1H3/t13-/m1/s1. The highest BCUT2D eigenvalue weighted by atomic mass is 15.3. The molecular formula is C16H17N5. The lowest BCUT2D eigenvalue weighted by molar-refractivity contribution is 0.451. The molecule has 0 aliphatic carbocycles. The molecule has 0 aliphatic rings. The molecule has 3 aromatic rings. The minimum Gasteiger partial charge on any atom is -0.322 e. The number of nitrogens with zero attached hydrogens (tertiary/aromatic N) is 4. The van der Waals surface area contributed by atoms with Gasteiger partial charge in [-0.3, -0.25) is 4.68 Å². The van der Waals surface area contributed by atoms with Crippen LogP contribution in [0.3, 0.4) is 0 Å². The van der Waals surface area contributed by atoms with Gasteiger partial charge in [-0.05, 0) is 25.1 Å². The molecule has 0 fully saturated rings. The largest absolute Gasteiger partial charge is 0.322 e. The van der Waals surface area contributed by atoms with Gasteiger partial charge in [-0.15, -0.1) is 0 Å². The zero-order valence-corrected chi connectivity index (χ0v) is 11.9. The van der Waals surface area contributed by atoms with E-state index in [0.29, 0.717) is 6.54 Å². The summed E-state index contributed by atoms with van der Waals surface area (Å²) < 4.78 is 3.90. The maximum absolute atomic E-state index is 9.37. The Kier molecular flexibility index (Phi) is 3.71. The Morgan fingerprint density at radius 1 is 1.33 bits per heavy atom. The van der Waals surface area contributed by atoms with Crippen molar-refractivity contribution in [1.82, 2.24) is 19.5 Å². The first-order valence-electron chi connectivity index (χ1n) is 6.97. The summed E-state index contributed by atoms with van der Waals surface area (Å²) in [5.74, 6) is 0. The Morgan fingerprint density at radius 2 is 2.24 bits per heavy atom. The second kappa shape index (κ2) is 5.81. The van der Waals surface area contributed by atoms with Crippen molar-refractivity contribution in [3.8, 4) is 6.07 Å². The smallest absolute Gasteiger partial charge is 0.102 e. The SMILES string of the molecule is C[C@H](Cn1cccn1)NCc1cn2ccccc2c1C#N. The molecule has 0 amide bonds. The topological polar surface area (TPSA) is 58.1 Å². The molecule has 0 saturated carbocycles. The summed E-state index contributed by atoms with van der Waals surface area (Å²) >= 11 is 0. The molecule has 0 bridgehead atoms. The lowest BCUT2D eigenvalue weighted by Gasteiger charge is -2.13. The zero-order valence-electron chi connectivity index (χ0n) is 11.9. The van der Waals surface area contributed by atoms with E-state index >= 15 is 0 Å². The molecule has 0 saturated heterocycles. The monoisotopic (exact) mass is 279 g/mol. The lowest BCUT2D eigenvalue weighted by Crippen LogP contribution is -2.30. The minimum atomic E-state index is 0.277. The number of nitriles is 1. The first kappa shape index (κ1) is 13.4. The average Bonchev–Trinajstić information content (AvgIpc) is 3.11. The number of fused-ring (bicyclic) bond motifs is 1. The molecule has 3 heterocycles. The summed E-state index contributed by atoms with van der Waals surface area (Å²) in [7, 11) is 0. The second-order valence-electron chi connectivity index (χ2n) is 5.14. The second-order valence-corrected chi connectivity index (χ2v) is 5.14. The van der Waals surface area contributed by atoms with E-state index in [4.69, 9.17) is 0 Å². The summed E-state index contributed by atoms with van der Waals surface area (Å²) in [6.07, 6.45) is 7.71. The molecule has 5 heteroatoms. The van der Waals surface area contributed by atoms with Gasteiger partial charge < -0.3 is 9.72 Å². The van der Waals surface area contributed by atoms with Crippen LogP contribution >= 0.6 is 0 Å². The maximum atomic E-state index is 9.37. The van der Waals surface area contributed by atoms with Crippen molar-refractivity contribution in [3.05, 3.63) is 60.2 Å². The quantitative estimate of drug-likeness (QED) is 0.779. The van der Waals surface area contributed by atoms with Gasteiger partial charge in [0.15, 0.2) is 0 Å². The first-order chi connectivity index (χ1) is 10.3. The van der Waals surface area contributed by atoms with Gasteiger partial charge in [-0.1, -0.05) is 6.07 Å². The highest BCUT2D eigenvalue weighted by Gasteiger charge is 2.11. The van der Waals surface area contributed by atoms with Crippen molar-refractivity contribution < 1.29 is 0 Å². The van der Waals surface area contributed by atoms with Crippen molar-refractivity contribution in [2.24, 2.45) is 0 Å². The third kappa shape index (κ3) is 2.81. The van der Waals surface area contributed by atoms with Crippen molar-refractivity contribution in [2.75, 3.05) is 0 Å². The van der Waals surface area contributed by atoms with E-state index in [1.54, 1.807) is 6.20 Å². The maximum Gasteiger partial charge on any atom is 0.102 e. The Labute approximate surface area is 123 Å². The molecule has 0 aliphatic heterocycles. The molecule has 1 N–H and O–H groups in total. The fourth-order valence-corrected chi connectivity index (χ4v) is 2.48. The van der Waals surface area contributed by atoms with Crippen LogP contribution < -0.4 is 5.32 Å². The van der Waals surface area contributed by atoms with Crippen molar-refractivity contribution in [1.29, 1.82) is 5.26 Å². The molecule has 106 valence electrons. The molecule has 3 aromatic heterocycles. The summed E-state index contributed by atoms with van der Waals surface area (Å²) in [6.45, 7) is 3.60. The van der Waals surface area contributed by atoms with Crippen LogP contribution in [0.4, 0.5) is 0 Å². The Hall–Kier alpha value is -2.58. The van der Waals surface area contributed by atoms with Gasteiger partial charge in [0.05, 0.1) is 17.6 Å². The number of hydrogen-bond acceptors (Lipinski definition) is 3. The number of nitrogens with one attached hydrogen (secondary N) is 1. The fraction of sp³-hybridized carbons (Fsp3) is 0.250. The van der Waals surface area contributed by atoms with Gasteiger partial charge in [-0.25, -0.2) is 0 Å². The van der Waals surface area contributed by atoms with Gasteiger partial charge in [0.25, 0.3) is 0 Å². The van der Waals surface area contributed by atoms with Gasteiger partial charge in [0, 0.05) is 42.9 Å². The normalized spacial score (nSPS) is 12.4. The number of rotatable bonds is 5. The molecule has 21 heavy (non-hydrogen) atoms. The van der Waals surface area contributed by atoms with Crippen LogP contribution in [-0.2, 0) is 13.1 Å². The van der Waals surface area contributed by atoms with Crippen LogP contribution in [0.2, 0.25) is 0 Å². The molecule has 0 spiro atoms. The summed E-state index contributed by atoms with van der Waals surface area (Å²) in [5.41, 5.74) is 2.72. The minimum absolute atomic E-state index is 0.277. The number of pyridine rings is 1. The van der Waals surface area contributed by atoms with Crippen LogP contribution in [0.5, 0.6) is 0 Å². The Morgan fingerprint density at radius 3 is 3.00 bits per heavy atom. The van der Waals surface area contributed by atoms with Gasteiger partial charge in [0.1, 0.15) is 6.07 Å². The molecule has 0 unspecified atom stereocenters. The van der Waals surface area contributed by atoms with Crippen LogP contribution in [0.25, 0.3) is 5.52 Å². The van der Waals surface area contributed by atoms with Gasteiger partial charge in [0.2, 0.25) is 0 Å². The molecule has 1 atom stereocenters. The fourth-order valence-electron chi connectivity index (χ4n) is 2.48. The third-order valence-electron chi connectivity index (χ3n) is 3.54. The predicted octanol–water partition coefficient (Wildman–Crippen LogP) is 2.19. The lowest BCUT2D eigenvalue weighted by atomic mass is 10.1. The van der Waals surface area contributed by atoms with Crippen LogP contribution in [0, 0.1) is 11.3 Å². The first-order valence-corrected chi connectivity index (χ1v) is 6.97. The van der Waals surface area contributed by atoms with Crippen molar-refractivity contribution in [2.45, 2.75) is 26.1 Å². The summed E-state index contributed by atoms with van der Waals surface area (Å²) in [4.78, 5) is 0. The predicted molar refractivity (Wildman–Crippen MR) is 80.6 cm³/mol.